The van der Waals surface area contributed by atoms with Gasteiger partial charge in [-0.3, -0.25) is 4.79 Å². The molecule has 1 saturated heterocycles. The molecule has 0 unspecified atom stereocenters. The highest BCUT2D eigenvalue weighted by atomic mass is 16.5. The van der Waals surface area contributed by atoms with Crippen LogP contribution in [-0.4, -0.2) is 43.7 Å². The Kier molecular flexibility index (Phi) is 4.80. The first-order chi connectivity index (χ1) is 9.22. The summed E-state index contributed by atoms with van der Waals surface area (Å²) in [4.78, 5) is 14.3. The van der Waals surface area contributed by atoms with E-state index in [1.54, 1.807) is 0 Å². The average Bonchev–Trinajstić information content (AvgIpc) is 2.45. The molecule has 0 spiro atoms. The number of morpholine rings is 1. The second-order valence-electron chi connectivity index (χ2n) is 4.86. The third-order valence-electron chi connectivity index (χ3n) is 3.33. The number of aryl methyl sites for hydroxylation is 1. The van der Waals surface area contributed by atoms with Crippen molar-refractivity contribution >= 4 is 11.6 Å². The lowest BCUT2D eigenvalue weighted by molar-refractivity contribution is 0.0302. The molecule has 1 aromatic carbocycles. The van der Waals surface area contributed by atoms with Gasteiger partial charge in [-0.25, -0.2) is 0 Å². The smallest absolute Gasteiger partial charge is 0.254 e. The number of ether oxygens (including phenoxy) is 1. The summed E-state index contributed by atoms with van der Waals surface area (Å²) in [6.45, 7) is 7.74. The summed E-state index contributed by atoms with van der Waals surface area (Å²) in [5, 5.41) is 3.34. The van der Waals surface area contributed by atoms with Crippen LogP contribution in [0.5, 0.6) is 0 Å². The van der Waals surface area contributed by atoms with E-state index in [0.717, 1.165) is 29.8 Å². The maximum absolute atomic E-state index is 12.4. The summed E-state index contributed by atoms with van der Waals surface area (Å²) in [5.41, 5.74) is 2.90. The number of carbonyl (C=O) groups excluding carboxylic acids is 1. The Morgan fingerprint density at radius 3 is 2.74 bits per heavy atom. The number of rotatable bonds is 4. The molecule has 0 radical (unpaired) electrons. The molecule has 4 heteroatoms. The highest BCUT2D eigenvalue weighted by Gasteiger charge is 2.19. The predicted molar refractivity (Wildman–Crippen MR) is 76.7 cm³/mol. The Balaban J connectivity index is 2.09. The van der Waals surface area contributed by atoms with Gasteiger partial charge in [-0.1, -0.05) is 6.92 Å². The molecule has 0 aromatic heterocycles. The van der Waals surface area contributed by atoms with Crippen molar-refractivity contribution in [3.63, 3.8) is 0 Å². The van der Waals surface area contributed by atoms with E-state index < -0.39 is 0 Å². The molecule has 0 saturated carbocycles. The minimum Gasteiger partial charge on any atom is -0.385 e. The van der Waals surface area contributed by atoms with Crippen LogP contribution < -0.4 is 5.32 Å². The Labute approximate surface area is 114 Å². The molecule has 2 rings (SSSR count). The fraction of sp³-hybridized carbons (Fsp3) is 0.533. The quantitative estimate of drug-likeness (QED) is 0.905. The lowest BCUT2D eigenvalue weighted by atomic mass is 10.1. The van der Waals surface area contributed by atoms with E-state index in [4.69, 9.17) is 4.74 Å². The monoisotopic (exact) mass is 262 g/mol. The summed E-state index contributed by atoms with van der Waals surface area (Å²) < 4.78 is 5.28. The fourth-order valence-corrected chi connectivity index (χ4v) is 2.22. The van der Waals surface area contributed by atoms with E-state index >= 15 is 0 Å². The number of amides is 1. The maximum Gasteiger partial charge on any atom is 0.254 e. The highest BCUT2D eigenvalue weighted by molar-refractivity contribution is 5.96. The molecule has 1 heterocycles. The Bertz CT molecular complexity index is 440. The molecular weight excluding hydrogens is 240 g/mol. The zero-order valence-electron chi connectivity index (χ0n) is 11.7. The van der Waals surface area contributed by atoms with Crippen LogP contribution in [0.15, 0.2) is 18.2 Å². The molecule has 1 aromatic rings. The Morgan fingerprint density at radius 1 is 1.37 bits per heavy atom. The van der Waals surface area contributed by atoms with E-state index in [1.165, 1.54) is 0 Å². The molecule has 19 heavy (non-hydrogen) atoms. The summed E-state index contributed by atoms with van der Waals surface area (Å²) in [5.74, 6) is 0.114. The van der Waals surface area contributed by atoms with Crippen molar-refractivity contribution in [1.29, 1.82) is 0 Å². The van der Waals surface area contributed by atoms with Gasteiger partial charge in [0.15, 0.2) is 0 Å². The van der Waals surface area contributed by atoms with Gasteiger partial charge in [0, 0.05) is 30.9 Å². The predicted octanol–water partition coefficient (Wildman–Crippen LogP) is 2.29. The van der Waals surface area contributed by atoms with Gasteiger partial charge in [0.1, 0.15) is 0 Å². The number of anilines is 1. The van der Waals surface area contributed by atoms with Crippen LogP contribution >= 0.6 is 0 Å². The molecule has 0 atom stereocenters. The zero-order chi connectivity index (χ0) is 13.7. The number of nitrogens with zero attached hydrogens (tertiary/aromatic N) is 1. The molecule has 0 bridgehead atoms. The summed E-state index contributed by atoms with van der Waals surface area (Å²) in [6.07, 6.45) is 1.09. The minimum absolute atomic E-state index is 0.114. The molecule has 1 fully saturated rings. The van der Waals surface area contributed by atoms with Crippen LogP contribution in [-0.2, 0) is 4.74 Å². The Hall–Kier alpha value is -1.55. The topological polar surface area (TPSA) is 41.6 Å². The summed E-state index contributed by atoms with van der Waals surface area (Å²) in [6, 6.07) is 5.95. The van der Waals surface area contributed by atoms with Crippen molar-refractivity contribution in [3.8, 4) is 0 Å². The molecular formula is C15H22N2O2. The summed E-state index contributed by atoms with van der Waals surface area (Å²) >= 11 is 0. The van der Waals surface area contributed by atoms with Crippen LogP contribution in [0, 0.1) is 6.92 Å². The molecule has 1 N–H and O–H groups in total. The van der Waals surface area contributed by atoms with Gasteiger partial charge in [0.25, 0.3) is 5.91 Å². The molecule has 1 amide bonds. The maximum atomic E-state index is 12.4. The van der Waals surface area contributed by atoms with Crippen LogP contribution in [0.25, 0.3) is 0 Å². The lowest BCUT2D eigenvalue weighted by Crippen LogP contribution is -2.40. The van der Waals surface area contributed by atoms with Crippen molar-refractivity contribution in [2.45, 2.75) is 20.3 Å². The van der Waals surface area contributed by atoms with Gasteiger partial charge in [0.05, 0.1) is 13.2 Å². The van der Waals surface area contributed by atoms with Crippen molar-refractivity contribution < 1.29 is 9.53 Å². The molecule has 1 aliphatic heterocycles. The first kappa shape index (κ1) is 13.9. The highest BCUT2D eigenvalue weighted by Crippen LogP contribution is 2.17. The average molecular weight is 262 g/mol. The van der Waals surface area contributed by atoms with E-state index in [1.807, 2.05) is 30.0 Å². The van der Waals surface area contributed by atoms with Crippen molar-refractivity contribution in [3.05, 3.63) is 29.3 Å². The number of nitrogens with one attached hydrogen (secondary N) is 1. The number of hydrogen-bond acceptors (Lipinski definition) is 3. The van der Waals surface area contributed by atoms with Gasteiger partial charge in [-0.05, 0) is 37.1 Å². The third kappa shape index (κ3) is 3.47. The Morgan fingerprint density at radius 2 is 2.11 bits per heavy atom. The first-order valence-electron chi connectivity index (χ1n) is 6.94. The standard InChI is InChI=1S/C15H22N2O2/c1-3-6-16-13-4-5-14(12(2)11-13)15(18)17-7-9-19-10-8-17/h4-5,11,16H,3,6-10H2,1-2H3. The van der Waals surface area contributed by atoms with Crippen LogP contribution in [0.4, 0.5) is 5.69 Å². The molecule has 1 aliphatic rings. The summed E-state index contributed by atoms with van der Waals surface area (Å²) in [7, 11) is 0. The van der Waals surface area contributed by atoms with Crippen LogP contribution in [0.2, 0.25) is 0 Å². The molecule has 4 nitrogen and oxygen atoms in total. The second kappa shape index (κ2) is 6.57. The van der Waals surface area contributed by atoms with E-state index in [2.05, 4.69) is 12.2 Å². The SMILES string of the molecule is CCCNc1ccc(C(=O)N2CCOCC2)c(C)c1. The fourth-order valence-electron chi connectivity index (χ4n) is 2.22. The third-order valence-corrected chi connectivity index (χ3v) is 3.33. The van der Waals surface area contributed by atoms with Gasteiger partial charge in [-0.15, -0.1) is 0 Å². The van der Waals surface area contributed by atoms with E-state index in [0.29, 0.717) is 26.3 Å². The zero-order valence-corrected chi connectivity index (χ0v) is 11.7. The first-order valence-corrected chi connectivity index (χ1v) is 6.94. The van der Waals surface area contributed by atoms with Gasteiger partial charge < -0.3 is 15.0 Å². The van der Waals surface area contributed by atoms with Crippen molar-refractivity contribution in [2.75, 3.05) is 38.2 Å². The molecule has 104 valence electrons. The van der Waals surface area contributed by atoms with Crippen molar-refractivity contribution in [2.24, 2.45) is 0 Å². The number of benzene rings is 1. The number of hydrogen-bond donors (Lipinski definition) is 1. The normalized spacial score (nSPS) is 15.4. The molecule has 0 aliphatic carbocycles. The number of carbonyl (C=O) groups is 1. The van der Waals surface area contributed by atoms with Gasteiger partial charge in [0.2, 0.25) is 0 Å². The van der Waals surface area contributed by atoms with E-state index in [9.17, 15) is 4.79 Å². The van der Waals surface area contributed by atoms with Crippen LogP contribution in [0.3, 0.4) is 0 Å². The lowest BCUT2D eigenvalue weighted by Gasteiger charge is -2.27. The van der Waals surface area contributed by atoms with Gasteiger partial charge in [-0.2, -0.15) is 0 Å². The van der Waals surface area contributed by atoms with Crippen molar-refractivity contribution in [1.82, 2.24) is 4.90 Å². The second-order valence-corrected chi connectivity index (χ2v) is 4.86. The van der Waals surface area contributed by atoms with E-state index in [-0.39, 0.29) is 5.91 Å². The van der Waals surface area contributed by atoms with Gasteiger partial charge >= 0.3 is 0 Å². The largest absolute Gasteiger partial charge is 0.385 e. The van der Waals surface area contributed by atoms with Crippen LogP contribution in [0.1, 0.15) is 29.3 Å². The minimum atomic E-state index is 0.114.